The van der Waals surface area contributed by atoms with Gasteiger partial charge in [0.25, 0.3) is 0 Å². The zero-order chi connectivity index (χ0) is 15.0. The Bertz CT molecular complexity index is 452. The summed E-state index contributed by atoms with van der Waals surface area (Å²) in [4.78, 5) is 11.3. The second-order valence-corrected chi connectivity index (χ2v) is 4.95. The van der Waals surface area contributed by atoms with Crippen LogP contribution in [0.4, 0.5) is 0 Å². The molecule has 6 heteroatoms. The molecule has 5 nitrogen and oxygen atoms in total. The highest BCUT2D eigenvalue weighted by Gasteiger charge is 2.11. The number of carbonyl (C=O) groups is 1. The first-order valence-electron chi connectivity index (χ1n) is 6.58. The number of carbonyl (C=O) groups excluding carboxylic acids is 1. The molecular formula is C14H21BrN2O3. The minimum atomic E-state index is -0.00975. The zero-order valence-corrected chi connectivity index (χ0v) is 13.7. The van der Waals surface area contributed by atoms with E-state index in [1.165, 1.54) is 0 Å². The van der Waals surface area contributed by atoms with Crippen molar-refractivity contribution in [3.05, 3.63) is 22.2 Å². The van der Waals surface area contributed by atoms with Gasteiger partial charge in [-0.3, -0.25) is 4.79 Å². The van der Waals surface area contributed by atoms with Gasteiger partial charge in [-0.05, 0) is 47.5 Å². The fourth-order valence-electron chi connectivity index (χ4n) is 1.74. The van der Waals surface area contributed by atoms with E-state index in [1.54, 1.807) is 7.11 Å². The van der Waals surface area contributed by atoms with E-state index in [0.717, 1.165) is 10.0 Å². The highest BCUT2D eigenvalue weighted by molar-refractivity contribution is 9.10. The first kappa shape index (κ1) is 16.8. The Morgan fingerprint density at radius 2 is 2.10 bits per heavy atom. The summed E-state index contributed by atoms with van der Waals surface area (Å²) in [5, 5.41) is 5.82. The second-order valence-electron chi connectivity index (χ2n) is 4.10. The zero-order valence-electron chi connectivity index (χ0n) is 12.1. The van der Waals surface area contributed by atoms with Crippen LogP contribution >= 0.6 is 15.9 Å². The highest BCUT2D eigenvalue weighted by Crippen LogP contribution is 2.36. The molecule has 0 aliphatic heterocycles. The summed E-state index contributed by atoms with van der Waals surface area (Å²) >= 11 is 3.47. The monoisotopic (exact) mass is 344 g/mol. The number of likely N-dealkylation sites (N-methyl/N-ethyl adjacent to an activating group) is 1. The Kier molecular flexibility index (Phi) is 7.40. The lowest BCUT2D eigenvalue weighted by molar-refractivity contribution is -0.120. The van der Waals surface area contributed by atoms with Gasteiger partial charge in [0, 0.05) is 13.1 Å². The first-order valence-corrected chi connectivity index (χ1v) is 7.38. The average Bonchev–Trinajstić information content (AvgIpc) is 2.41. The number of methoxy groups -OCH3 is 1. The number of nitrogens with one attached hydrogen (secondary N) is 2. The van der Waals surface area contributed by atoms with Crippen molar-refractivity contribution in [1.82, 2.24) is 10.6 Å². The Morgan fingerprint density at radius 3 is 2.70 bits per heavy atom. The molecular weight excluding hydrogens is 324 g/mol. The molecule has 112 valence electrons. The third-order valence-electron chi connectivity index (χ3n) is 2.57. The maximum atomic E-state index is 11.3. The van der Waals surface area contributed by atoms with Gasteiger partial charge >= 0.3 is 0 Å². The molecule has 0 aliphatic rings. The van der Waals surface area contributed by atoms with Gasteiger partial charge in [0.05, 0.1) is 24.7 Å². The summed E-state index contributed by atoms with van der Waals surface area (Å²) in [6.45, 7) is 5.91. The van der Waals surface area contributed by atoms with E-state index >= 15 is 0 Å². The van der Waals surface area contributed by atoms with Gasteiger partial charge in [-0.1, -0.05) is 0 Å². The Labute approximate surface area is 128 Å². The molecule has 0 bridgehead atoms. The maximum Gasteiger partial charge on any atom is 0.233 e. The minimum Gasteiger partial charge on any atom is -0.493 e. The molecule has 1 amide bonds. The molecule has 0 fully saturated rings. The Morgan fingerprint density at radius 1 is 1.35 bits per heavy atom. The van der Waals surface area contributed by atoms with Crippen molar-refractivity contribution in [3.8, 4) is 11.5 Å². The van der Waals surface area contributed by atoms with E-state index in [9.17, 15) is 4.79 Å². The quantitative estimate of drug-likeness (QED) is 0.757. The first-order chi connectivity index (χ1) is 9.62. The third-order valence-corrected chi connectivity index (χ3v) is 3.16. The van der Waals surface area contributed by atoms with Crippen LogP contribution in [0, 0.1) is 0 Å². The van der Waals surface area contributed by atoms with Gasteiger partial charge < -0.3 is 20.1 Å². The molecule has 1 rings (SSSR count). The van der Waals surface area contributed by atoms with Crippen LogP contribution in [0.25, 0.3) is 0 Å². The number of halogens is 1. The molecule has 0 atom stereocenters. The van der Waals surface area contributed by atoms with E-state index in [2.05, 4.69) is 26.6 Å². The number of ether oxygens (including phenoxy) is 2. The van der Waals surface area contributed by atoms with Crippen LogP contribution in [-0.4, -0.2) is 32.7 Å². The highest BCUT2D eigenvalue weighted by atomic mass is 79.9. The molecule has 0 aromatic heterocycles. The fraction of sp³-hybridized carbons (Fsp3) is 0.500. The smallest absolute Gasteiger partial charge is 0.233 e. The van der Waals surface area contributed by atoms with E-state index < -0.39 is 0 Å². The van der Waals surface area contributed by atoms with Gasteiger partial charge in [-0.15, -0.1) is 0 Å². The summed E-state index contributed by atoms with van der Waals surface area (Å²) in [5.74, 6) is 1.36. The Hall–Kier alpha value is -1.27. The van der Waals surface area contributed by atoms with Crippen LogP contribution in [-0.2, 0) is 11.3 Å². The molecule has 0 aliphatic carbocycles. The van der Waals surface area contributed by atoms with Gasteiger partial charge in [-0.2, -0.15) is 0 Å². The number of hydrogen-bond donors (Lipinski definition) is 2. The van der Waals surface area contributed by atoms with Crippen LogP contribution < -0.4 is 20.1 Å². The lowest BCUT2D eigenvalue weighted by Crippen LogP contribution is -2.33. The van der Waals surface area contributed by atoms with Gasteiger partial charge in [0.15, 0.2) is 11.5 Å². The molecule has 0 heterocycles. The standard InChI is InChI=1S/C14H21BrN2O3/c1-4-17-13(18)9-16-8-10-6-11(15)14(20-5-2)12(7-10)19-3/h6-7,16H,4-5,8-9H2,1-3H3,(H,17,18). The van der Waals surface area contributed by atoms with Crippen LogP contribution in [0.3, 0.4) is 0 Å². The number of amides is 1. The molecule has 1 aromatic carbocycles. The lowest BCUT2D eigenvalue weighted by Gasteiger charge is -2.13. The van der Waals surface area contributed by atoms with Crippen LogP contribution in [0.2, 0.25) is 0 Å². The number of hydrogen-bond acceptors (Lipinski definition) is 4. The summed E-state index contributed by atoms with van der Waals surface area (Å²) in [6.07, 6.45) is 0. The third kappa shape index (κ3) is 5.02. The maximum absolute atomic E-state index is 11.3. The summed E-state index contributed by atoms with van der Waals surface area (Å²) < 4.78 is 11.7. The SMILES string of the molecule is CCNC(=O)CNCc1cc(Br)c(OCC)c(OC)c1. The molecule has 0 spiro atoms. The predicted molar refractivity (Wildman–Crippen MR) is 82.3 cm³/mol. The van der Waals surface area contributed by atoms with Crippen LogP contribution in [0.15, 0.2) is 16.6 Å². The van der Waals surface area contributed by atoms with E-state index in [0.29, 0.717) is 37.7 Å². The van der Waals surface area contributed by atoms with E-state index in [-0.39, 0.29) is 5.91 Å². The summed E-state index contributed by atoms with van der Waals surface area (Å²) in [5.41, 5.74) is 1.02. The van der Waals surface area contributed by atoms with Crippen molar-refractivity contribution in [2.75, 3.05) is 26.8 Å². The topological polar surface area (TPSA) is 59.6 Å². The molecule has 0 radical (unpaired) electrons. The van der Waals surface area contributed by atoms with Crippen LogP contribution in [0.5, 0.6) is 11.5 Å². The van der Waals surface area contributed by atoms with Crippen molar-refractivity contribution in [2.45, 2.75) is 20.4 Å². The van der Waals surface area contributed by atoms with Crippen molar-refractivity contribution in [2.24, 2.45) is 0 Å². The average molecular weight is 345 g/mol. The van der Waals surface area contributed by atoms with E-state index in [1.807, 2.05) is 26.0 Å². The minimum absolute atomic E-state index is 0.00975. The molecule has 0 unspecified atom stereocenters. The largest absolute Gasteiger partial charge is 0.493 e. The van der Waals surface area contributed by atoms with Crippen molar-refractivity contribution >= 4 is 21.8 Å². The molecule has 2 N–H and O–H groups in total. The number of rotatable bonds is 8. The van der Waals surface area contributed by atoms with Gasteiger partial charge in [-0.25, -0.2) is 0 Å². The van der Waals surface area contributed by atoms with Crippen molar-refractivity contribution in [3.63, 3.8) is 0 Å². The molecule has 0 saturated carbocycles. The summed E-state index contributed by atoms with van der Waals surface area (Å²) in [6, 6.07) is 3.86. The number of benzene rings is 1. The van der Waals surface area contributed by atoms with Crippen molar-refractivity contribution in [1.29, 1.82) is 0 Å². The lowest BCUT2D eigenvalue weighted by atomic mass is 10.2. The normalized spacial score (nSPS) is 10.2. The van der Waals surface area contributed by atoms with Gasteiger partial charge in [0.2, 0.25) is 5.91 Å². The van der Waals surface area contributed by atoms with Crippen LogP contribution in [0.1, 0.15) is 19.4 Å². The molecule has 0 saturated heterocycles. The molecule has 1 aromatic rings. The van der Waals surface area contributed by atoms with E-state index in [4.69, 9.17) is 9.47 Å². The Balaban J connectivity index is 2.67. The van der Waals surface area contributed by atoms with Gasteiger partial charge in [0.1, 0.15) is 0 Å². The fourth-order valence-corrected chi connectivity index (χ4v) is 2.34. The van der Waals surface area contributed by atoms with Crippen molar-refractivity contribution < 1.29 is 14.3 Å². The molecule has 20 heavy (non-hydrogen) atoms. The second kappa shape index (κ2) is 8.81. The predicted octanol–water partition coefficient (Wildman–Crippen LogP) is 2.08. The summed E-state index contributed by atoms with van der Waals surface area (Å²) in [7, 11) is 1.61.